The molecule has 2 fully saturated rings. The van der Waals surface area contributed by atoms with Crippen molar-refractivity contribution in [3.05, 3.63) is 0 Å². The van der Waals surface area contributed by atoms with E-state index in [4.69, 9.17) is 24.4 Å². The number of hydrogen-bond donors (Lipinski definition) is 8. The fraction of sp³-hybridized carbons (Fsp3) is 0.917. The molecule has 24 heavy (non-hydrogen) atoms. The Labute approximate surface area is 135 Å². The zero-order chi connectivity index (χ0) is 18.2. The first-order chi connectivity index (χ1) is 11.2. The Hall–Kier alpha value is -0.930. The predicted molar refractivity (Wildman–Crippen MR) is 69.2 cm³/mol. The SMILES string of the molecule is O=C(O)[C@H]1OC(O[C@H]2[C@@H](O)[C@@H](CO)OC(O)[C@@H]2O)[C@H](O)[C@@H](O)[C@H]1O. The van der Waals surface area contributed by atoms with E-state index >= 15 is 0 Å². The van der Waals surface area contributed by atoms with Gasteiger partial charge in [0.15, 0.2) is 18.7 Å². The molecular formula is C12H20O12. The van der Waals surface area contributed by atoms with Gasteiger partial charge < -0.3 is 55.1 Å². The number of carbonyl (C=O) groups is 1. The van der Waals surface area contributed by atoms with Gasteiger partial charge in [-0.3, -0.25) is 0 Å². The second-order valence-corrected chi connectivity index (χ2v) is 5.56. The minimum Gasteiger partial charge on any atom is -0.479 e. The van der Waals surface area contributed by atoms with Crippen LogP contribution in [0.3, 0.4) is 0 Å². The summed E-state index contributed by atoms with van der Waals surface area (Å²) in [5.74, 6) is -1.64. The molecule has 0 aromatic heterocycles. The molecule has 0 aromatic rings. The molecule has 0 aliphatic carbocycles. The summed E-state index contributed by atoms with van der Waals surface area (Å²) in [4.78, 5) is 11.0. The van der Waals surface area contributed by atoms with E-state index in [1.807, 2.05) is 0 Å². The molecule has 0 bridgehead atoms. The molecule has 0 radical (unpaired) electrons. The van der Waals surface area contributed by atoms with Gasteiger partial charge in [0.2, 0.25) is 0 Å². The van der Waals surface area contributed by atoms with Crippen molar-refractivity contribution < 1.29 is 59.9 Å². The van der Waals surface area contributed by atoms with E-state index in [0.717, 1.165) is 0 Å². The second kappa shape index (κ2) is 7.53. The highest BCUT2D eigenvalue weighted by Crippen LogP contribution is 2.28. The maximum Gasteiger partial charge on any atom is 0.335 e. The molecule has 10 atom stereocenters. The lowest BCUT2D eigenvalue weighted by molar-refractivity contribution is -0.351. The van der Waals surface area contributed by atoms with Gasteiger partial charge in [-0.1, -0.05) is 0 Å². The molecule has 2 heterocycles. The van der Waals surface area contributed by atoms with Gasteiger partial charge in [-0.15, -0.1) is 0 Å². The maximum absolute atomic E-state index is 11.0. The normalized spacial score (nSPS) is 49.8. The minimum atomic E-state index is -1.93. The highest BCUT2D eigenvalue weighted by Gasteiger charge is 2.51. The van der Waals surface area contributed by atoms with Gasteiger partial charge >= 0.3 is 5.97 Å². The topological polar surface area (TPSA) is 207 Å². The molecule has 2 aliphatic heterocycles. The molecule has 0 spiro atoms. The van der Waals surface area contributed by atoms with Gasteiger partial charge in [0.05, 0.1) is 6.61 Å². The largest absolute Gasteiger partial charge is 0.479 e. The zero-order valence-corrected chi connectivity index (χ0v) is 12.2. The zero-order valence-electron chi connectivity index (χ0n) is 12.2. The van der Waals surface area contributed by atoms with Crippen LogP contribution >= 0.6 is 0 Å². The summed E-state index contributed by atoms with van der Waals surface area (Å²) in [6.07, 6.45) is -17.8. The smallest absolute Gasteiger partial charge is 0.335 e. The lowest BCUT2D eigenvalue weighted by atomic mass is 9.97. The predicted octanol–water partition coefficient (Wildman–Crippen LogP) is -5.30. The Morgan fingerprint density at radius 1 is 0.875 bits per heavy atom. The van der Waals surface area contributed by atoms with E-state index in [2.05, 4.69) is 0 Å². The Morgan fingerprint density at radius 3 is 2.04 bits per heavy atom. The van der Waals surface area contributed by atoms with E-state index < -0.39 is 74.0 Å². The summed E-state index contributed by atoms with van der Waals surface area (Å²) in [5, 5.41) is 76.4. The van der Waals surface area contributed by atoms with Crippen LogP contribution < -0.4 is 0 Å². The average Bonchev–Trinajstić information content (AvgIpc) is 2.54. The Kier molecular flexibility index (Phi) is 6.09. The van der Waals surface area contributed by atoms with Crippen LogP contribution in [0, 0.1) is 0 Å². The van der Waals surface area contributed by atoms with Crippen LogP contribution in [0.1, 0.15) is 0 Å². The lowest BCUT2D eigenvalue weighted by Gasteiger charge is -2.44. The molecule has 0 aromatic carbocycles. The first-order valence-corrected chi connectivity index (χ1v) is 7.07. The molecule has 0 amide bonds. The number of carboxylic acid groups (broad SMARTS) is 1. The Balaban J connectivity index is 2.16. The summed E-state index contributed by atoms with van der Waals surface area (Å²) >= 11 is 0. The molecule has 12 nitrogen and oxygen atoms in total. The third-order valence-electron chi connectivity index (χ3n) is 3.94. The second-order valence-electron chi connectivity index (χ2n) is 5.56. The molecule has 8 N–H and O–H groups in total. The summed E-state index contributed by atoms with van der Waals surface area (Å²) < 4.78 is 14.7. The number of aliphatic hydroxyl groups is 7. The number of ether oxygens (including phenoxy) is 3. The van der Waals surface area contributed by atoms with Crippen molar-refractivity contribution >= 4 is 5.97 Å². The highest BCUT2D eigenvalue weighted by molar-refractivity contribution is 5.73. The molecule has 2 saturated heterocycles. The van der Waals surface area contributed by atoms with Crippen LogP contribution in [-0.2, 0) is 19.0 Å². The van der Waals surface area contributed by atoms with Crippen molar-refractivity contribution in [3.63, 3.8) is 0 Å². The maximum atomic E-state index is 11.0. The number of rotatable bonds is 4. The first kappa shape index (κ1) is 19.4. The number of carboxylic acids is 1. The Bertz CT molecular complexity index is 446. The fourth-order valence-corrected chi connectivity index (χ4v) is 2.55. The third-order valence-corrected chi connectivity index (χ3v) is 3.94. The molecule has 2 unspecified atom stereocenters. The van der Waals surface area contributed by atoms with Gasteiger partial charge in [-0.05, 0) is 0 Å². The molecule has 140 valence electrons. The van der Waals surface area contributed by atoms with Crippen molar-refractivity contribution in [2.45, 2.75) is 61.4 Å². The molecule has 12 heteroatoms. The monoisotopic (exact) mass is 356 g/mol. The van der Waals surface area contributed by atoms with Gasteiger partial charge in [0, 0.05) is 0 Å². The fourth-order valence-electron chi connectivity index (χ4n) is 2.55. The standard InChI is InChI=1S/C12H20O12/c13-1-2-3(14)8(7(18)11(21)22-2)23-12-6(17)4(15)5(16)9(24-12)10(19)20/h2-9,11-18,21H,1H2,(H,19,20)/t2-,3+,4+,5-,6-,7-,8+,9+,11?,12?/m1/s1. The Morgan fingerprint density at radius 2 is 1.50 bits per heavy atom. The highest BCUT2D eigenvalue weighted by atomic mass is 16.7. The number of hydrogen-bond acceptors (Lipinski definition) is 11. The van der Waals surface area contributed by atoms with Crippen molar-refractivity contribution in [1.82, 2.24) is 0 Å². The lowest BCUT2D eigenvalue weighted by Crippen LogP contribution is -2.65. The van der Waals surface area contributed by atoms with E-state index in [0.29, 0.717) is 0 Å². The molecule has 0 saturated carbocycles. The van der Waals surface area contributed by atoms with Crippen molar-refractivity contribution in [2.24, 2.45) is 0 Å². The van der Waals surface area contributed by atoms with Gasteiger partial charge in [0.25, 0.3) is 0 Å². The molecular weight excluding hydrogens is 336 g/mol. The first-order valence-electron chi connectivity index (χ1n) is 7.07. The summed E-state index contributed by atoms with van der Waals surface area (Å²) in [7, 11) is 0. The van der Waals surface area contributed by atoms with Crippen LogP contribution in [0.4, 0.5) is 0 Å². The number of aliphatic carboxylic acids is 1. The average molecular weight is 356 g/mol. The van der Waals surface area contributed by atoms with E-state index in [1.54, 1.807) is 0 Å². The third kappa shape index (κ3) is 3.52. The van der Waals surface area contributed by atoms with Crippen LogP contribution in [0.25, 0.3) is 0 Å². The van der Waals surface area contributed by atoms with Crippen molar-refractivity contribution in [2.75, 3.05) is 6.61 Å². The summed E-state index contributed by atoms with van der Waals surface area (Å²) in [6.45, 7) is -0.724. The van der Waals surface area contributed by atoms with Crippen molar-refractivity contribution in [1.29, 1.82) is 0 Å². The van der Waals surface area contributed by atoms with Crippen LogP contribution in [0.15, 0.2) is 0 Å². The van der Waals surface area contributed by atoms with E-state index in [-0.39, 0.29) is 0 Å². The number of aliphatic hydroxyl groups excluding tert-OH is 7. The quantitative estimate of drug-likeness (QED) is 0.238. The molecule has 2 rings (SSSR count). The van der Waals surface area contributed by atoms with Gasteiger partial charge in [-0.2, -0.15) is 0 Å². The van der Waals surface area contributed by atoms with Gasteiger partial charge in [-0.25, -0.2) is 4.79 Å². The van der Waals surface area contributed by atoms with E-state index in [9.17, 15) is 35.4 Å². The van der Waals surface area contributed by atoms with Crippen LogP contribution in [0.2, 0.25) is 0 Å². The summed E-state index contributed by atoms with van der Waals surface area (Å²) in [5.41, 5.74) is 0. The molecule has 2 aliphatic rings. The minimum absolute atomic E-state index is 0.724. The van der Waals surface area contributed by atoms with Crippen LogP contribution in [-0.4, -0.2) is 115 Å². The summed E-state index contributed by atoms with van der Waals surface area (Å²) in [6, 6.07) is 0. The van der Waals surface area contributed by atoms with Gasteiger partial charge in [0.1, 0.15) is 42.7 Å². The van der Waals surface area contributed by atoms with Crippen LogP contribution in [0.5, 0.6) is 0 Å². The van der Waals surface area contributed by atoms with Crippen molar-refractivity contribution in [3.8, 4) is 0 Å². The van der Waals surface area contributed by atoms with E-state index in [1.165, 1.54) is 0 Å².